The van der Waals surface area contributed by atoms with Crippen LogP contribution in [0.1, 0.15) is 40.9 Å². The molecule has 4 rings (SSSR count). The second-order valence-corrected chi connectivity index (χ2v) is 10.3. The fraction of sp³-hybridized carbons (Fsp3) is 0.250. The molecule has 2 aromatic heterocycles. The Morgan fingerprint density at radius 2 is 1.64 bits per heavy atom. The Hall–Kier alpha value is -3.91. The van der Waals surface area contributed by atoms with E-state index in [2.05, 4.69) is 36.4 Å². The van der Waals surface area contributed by atoms with Gasteiger partial charge in [0, 0.05) is 34.5 Å². The van der Waals surface area contributed by atoms with Crippen molar-refractivity contribution in [2.45, 2.75) is 32.6 Å². The Balaban J connectivity index is 1.52. The SMILES string of the molecule is COC(=O)c1sc(C(C)(C)C)cc1NC(=O)Nc1ccc(OCCc2ccncc2)c2ccccc12. The molecule has 4 aromatic rings. The van der Waals surface area contributed by atoms with E-state index >= 15 is 0 Å². The van der Waals surface area contributed by atoms with Crippen molar-refractivity contribution >= 4 is 45.5 Å². The number of pyridine rings is 1. The van der Waals surface area contributed by atoms with Crippen molar-refractivity contribution in [3.63, 3.8) is 0 Å². The molecule has 0 aliphatic rings. The number of nitrogens with one attached hydrogen (secondary N) is 2. The highest BCUT2D eigenvalue weighted by atomic mass is 32.1. The van der Waals surface area contributed by atoms with Gasteiger partial charge in [-0.05, 0) is 41.3 Å². The van der Waals surface area contributed by atoms with Crippen molar-refractivity contribution in [2.24, 2.45) is 0 Å². The molecule has 2 amide bonds. The van der Waals surface area contributed by atoms with E-state index in [0.29, 0.717) is 22.9 Å². The lowest BCUT2D eigenvalue weighted by molar-refractivity contribution is 0.0607. The van der Waals surface area contributed by atoms with Gasteiger partial charge < -0.3 is 20.1 Å². The average Bonchev–Trinajstić information content (AvgIpc) is 3.29. The number of nitrogens with zero attached hydrogens (tertiary/aromatic N) is 1. The number of urea groups is 1. The number of carbonyl (C=O) groups is 2. The number of hydrogen-bond donors (Lipinski definition) is 2. The van der Waals surface area contributed by atoms with Crippen LogP contribution in [-0.2, 0) is 16.6 Å². The molecular weight excluding hydrogens is 474 g/mol. The largest absolute Gasteiger partial charge is 0.493 e. The lowest BCUT2D eigenvalue weighted by Gasteiger charge is -2.15. The average molecular weight is 504 g/mol. The summed E-state index contributed by atoms with van der Waals surface area (Å²) < 4.78 is 11.0. The van der Waals surface area contributed by atoms with Gasteiger partial charge in [-0.2, -0.15) is 0 Å². The maximum absolute atomic E-state index is 13.0. The number of benzene rings is 2. The summed E-state index contributed by atoms with van der Waals surface area (Å²) in [6, 6.07) is 16.7. The molecular formula is C28H29N3O4S. The number of esters is 1. The summed E-state index contributed by atoms with van der Waals surface area (Å²) in [4.78, 5) is 30.6. The van der Waals surface area contributed by atoms with Crippen molar-refractivity contribution in [2.75, 3.05) is 24.4 Å². The van der Waals surface area contributed by atoms with Gasteiger partial charge in [-0.3, -0.25) is 4.98 Å². The van der Waals surface area contributed by atoms with Crippen LogP contribution in [0.3, 0.4) is 0 Å². The van der Waals surface area contributed by atoms with Crippen LogP contribution in [0.4, 0.5) is 16.2 Å². The molecule has 2 N–H and O–H groups in total. The fourth-order valence-corrected chi connectivity index (χ4v) is 4.80. The Kier molecular flexibility index (Phi) is 7.55. The molecule has 36 heavy (non-hydrogen) atoms. The summed E-state index contributed by atoms with van der Waals surface area (Å²) >= 11 is 1.32. The highest BCUT2D eigenvalue weighted by Gasteiger charge is 2.24. The third kappa shape index (κ3) is 5.83. The van der Waals surface area contributed by atoms with Crippen molar-refractivity contribution in [3.05, 3.63) is 82.3 Å². The molecule has 7 nitrogen and oxygen atoms in total. The number of ether oxygens (including phenoxy) is 2. The van der Waals surface area contributed by atoms with E-state index in [9.17, 15) is 9.59 Å². The first-order valence-corrected chi connectivity index (χ1v) is 12.4. The second kappa shape index (κ2) is 10.8. The normalized spacial score (nSPS) is 11.2. The smallest absolute Gasteiger partial charge is 0.350 e. The topological polar surface area (TPSA) is 89.5 Å². The number of fused-ring (bicyclic) bond motifs is 1. The molecule has 0 aliphatic heterocycles. The molecule has 0 saturated heterocycles. The minimum atomic E-state index is -0.482. The predicted octanol–water partition coefficient (Wildman–Crippen LogP) is 6.65. The zero-order valence-corrected chi connectivity index (χ0v) is 21.6. The number of rotatable bonds is 7. The van der Waals surface area contributed by atoms with Gasteiger partial charge in [0.05, 0.1) is 25.1 Å². The predicted molar refractivity (Wildman–Crippen MR) is 144 cm³/mol. The quantitative estimate of drug-likeness (QED) is 0.276. The van der Waals surface area contributed by atoms with Crippen molar-refractivity contribution in [1.29, 1.82) is 0 Å². The van der Waals surface area contributed by atoms with E-state index in [1.165, 1.54) is 18.4 Å². The maximum Gasteiger partial charge on any atom is 0.350 e. The molecule has 0 aliphatic carbocycles. The van der Waals surface area contributed by atoms with Crippen LogP contribution in [0.5, 0.6) is 5.75 Å². The van der Waals surface area contributed by atoms with Crippen LogP contribution in [0.2, 0.25) is 0 Å². The fourth-order valence-electron chi connectivity index (χ4n) is 3.71. The van der Waals surface area contributed by atoms with Crippen molar-refractivity contribution < 1.29 is 19.1 Å². The first kappa shape index (κ1) is 25.2. The number of amides is 2. The van der Waals surface area contributed by atoms with Gasteiger partial charge in [-0.25, -0.2) is 9.59 Å². The third-order valence-corrected chi connectivity index (χ3v) is 7.16. The van der Waals surface area contributed by atoms with Crippen LogP contribution in [0, 0.1) is 0 Å². The number of methoxy groups -OCH3 is 1. The van der Waals surface area contributed by atoms with Gasteiger partial charge in [0.1, 0.15) is 10.6 Å². The molecule has 0 atom stereocenters. The highest BCUT2D eigenvalue weighted by Crippen LogP contribution is 2.36. The lowest BCUT2D eigenvalue weighted by atomic mass is 9.94. The van der Waals surface area contributed by atoms with E-state index in [4.69, 9.17) is 9.47 Å². The van der Waals surface area contributed by atoms with Gasteiger partial charge >= 0.3 is 12.0 Å². The summed E-state index contributed by atoms with van der Waals surface area (Å²) in [7, 11) is 1.33. The molecule has 8 heteroatoms. The van der Waals surface area contributed by atoms with Crippen LogP contribution in [0.15, 0.2) is 67.0 Å². The third-order valence-electron chi connectivity index (χ3n) is 5.62. The highest BCUT2D eigenvalue weighted by molar-refractivity contribution is 7.14. The zero-order valence-electron chi connectivity index (χ0n) is 20.8. The van der Waals surface area contributed by atoms with E-state index in [0.717, 1.165) is 33.4 Å². The molecule has 2 heterocycles. The van der Waals surface area contributed by atoms with E-state index in [1.807, 2.05) is 54.6 Å². The Labute approximate surface area is 214 Å². The number of anilines is 2. The molecule has 2 aromatic carbocycles. The van der Waals surface area contributed by atoms with E-state index in [1.54, 1.807) is 12.4 Å². The van der Waals surface area contributed by atoms with Crippen LogP contribution in [-0.4, -0.2) is 30.7 Å². The second-order valence-electron chi connectivity index (χ2n) is 9.28. The number of thiophene rings is 1. The summed E-state index contributed by atoms with van der Waals surface area (Å²) in [5, 5.41) is 7.48. The van der Waals surface area contributed by atoms with Gasteiger partial charge in [-0.1, -0.05) is 45.0 Å². The summed E-state index contributed by atoms with van der Waals surface area (Å²) in [5.74, 6) is 0.260. The molecule has 0 unspecified atom stereocenters. The Bertz CT molecular complexity index is 1380. The van der Waals surface area contributed by atoms with Gasteiger partial charge in [-0.15, -0.1) is 11.3 Å². The maximum atomic E-state index is 13.0. The van der Waals surface area contributed by atoms with Gasteiger partial charge in [0.25, 0.3) is 0 Å². The summed E-state index contributed by atoms with van der Waals surface area (Å²) in [6.07, 6.45) is 4.30. The molecule has 186 valence electrons. The van der Waals surface area contributed by atoms with Crippen molar-refractivity contribution in [1.82, 2.24) is 4.98 Å². The minimum Gasteiger partial charge on any atom is -0.493 e. The number of hydrogen-bond acceptors (Lipinski definition) is 6. The molecule has 0 bridgehead atoms. The monoisotopic (exact) mass is 503 g/mol. The standard InChI is InChI=1S/C28H29N3O4S/c1-28(2,3)24-17-22(25(36-24)26(32)34-4)31-27(33)30-21-9-10-23(20-8-6-5-7-19(20)21)35-16-13-18-11-14-29-15-12-18/h5-12,14-15,17H,13,16H2,1-4H3,(H2,30,31,33). The number of aromatic nitrogens is 1. The van der Waals surface area contributed by atoms with Crippen LogP contribution < -0.4 is 15.4 Å². The summed E-state index contributed by atoms with van der Waals surface area (Å²) in [6.45, 7) is 6.68. The molecule has 0 radical (unpaired) electrons. The van der Waals surface area contributed by atoms with Crippen LogP contribution >= 0.6 is 11.3 Å². The Morgan fingerprint density at radius 3 is 2.33 bits per heavy atom. The van der Waals surface area contributed by atoms with Gasteiger partial charge in [0.2, 0.25) is 0 Å². The zero-order chi connectivity index (χ0) is 25.7. The first-order valence-electron chi connectivity index (χ1n) is 11.6. The Morgan fingerprint density at radius 1 is 0.944 bits per heavy atom. The molecule has 0 spiro atoms. The lowest BCUT2D eigenvalue weighted by Crippen LogP contribution is -2.20. The van der Waals surface area contributed by atoms with Crippen LogP contribution in [0.25, 0.3) is 10.8 Å². The first-order chi connectivity index (χ1) is 17.3. The number of carbonyl (C=O) groups excluding carboxylic acids is 2. The van der Waals surface area contributed by atoms with Crippen molar-refractivity contribution in [3.8, 4) is 5.75 Å². The van der Waals surface area contributed by atoms with E-state index < -0.39 is 12.0 Å². The molecule has 0 saturated carbocycles. The molecule has 0 fully saturated rings. The minimum absolute atomic E-state index is 0.173. The summed E-state index contributed by atoms with van der Waals surface area (Å²) in [5.41, 5.74) is 2.04. The van der Waals surface area contributed by atoms with Gasteiger partial charge in [0.15, 0.2) is 0 Å². The van der Waals surface area contributed by atoms with E-state index in [-0.39, 0.29) is 5.41 Å².